The normalized spacial score (nSPS) is 18.2. The van der Waals surface area contributed by atoms with Gasteiger partial charge in [-0.25, -0.2) is 0 Å². The van der Waals surface area contributed by atoms with Crippen LogP contribution < -0.4 is 11.1 Å². The van der Waals surface area contributed by atoms with E-state index in [0.717, 1.165) is 32.7 Å². The van der Waals surface area contributed by atoms with Crippen LogP contribution in [0.5, 0.6) is 0 Å². The summed E-state index contributed by atoms with van der Waals surface area (Å²) in [6.45, 7) is 14.3. The van der Waals surface area contributed by atoms with Crippen LogP contribution in [0.3, 0.4) is 0 Å². The minimum Gasteiger partial charge on any atom is -0.370 e. The SMILES string of the molecule is CCCCCCCCNC(N)=NCC(C)N1CCN(CC)CC1.I. The number of likely N-dealkylation sites (N-methyl/N-ethyl adjacent to an activating group) is 1. The lowest BCUT2D eigenvalue weighted by Crippen LogP contribution is -2.50. The van der Waals surface area contributed by atoms with Gasteiger partial charge in [-0.05, 0) is 19.9 Å². The molecule has 1 fully saturated rings. The largest absolute Gasteiger partial charge is 0.370 e. The molecule has 0 aromatic rings. The zero-order valence-electron chi connectivity index (χ0n) is 16.1. The highest BCUT2D eigenvalue weighted by atomic mass is 127. The lowest BCUT2D eigenvalue weighted by Gasteiger charge is -2.37. The van der Waals surface area contributed by atoms with Gasteiger partial charge in [0, 0.05) is 38.8 Å². The lowest BCUT2D eigenvalue weighted by atomic mass is 10.1. The number of unbranched alkanes of at least 4 members (excludes halogenated alkanes) is 5. The average Bonchev–Trinajstić information content (AvgIpc) is 2.59. The molecule has 144 valence electrons. The van der Waals surface area contributed by atoms with Gasteiger partial charge >= 0.3 is 0 Å². The van der Waals surface area contributed by atoms with E-state index >= 15 is 0 Å². The Balaban J connectivity index is 0.00000529. The van der Waals surface area contributed by atoms with E-state index in [1.54, 1.807) is 0 Å². The molecule has 1 rings (SSSR count). The van der Waals surface area contributed by atoms with Crippen LogP contribution in [0.25, 0.3) is 0 Å². The number of rotatable bonds is 11. The van der Waals surface area contributed by atoms with E-state index in [9.17, 15) is 0 Å². The summed E-state index contributed by atoms with van der Waals surface area (Å²) in [4.78, 5) is 9.54. The Morgan fingerprint density at radius 3 is 2.29 bits per heavy atom. The van der Waals surface area contributed by atoms with E-state index in [2.05, 4.69) is 40.9 Å². The molecule has 3 N–H and O–H groups in total. The number of aliphatic imine (C=N–C) groups is 1. The van der Waals surface area contributed by atoms with E-state index in [4.69, 9.17) is 5.73 Å². The first-order chi connectivity index (χ1) is 11.2. The number of nitrogens with one attached hydrogen (secondary N) is 1. The number of nitrogens with two attached hydrogens (primary N) is 1. The fourth-order valence-corrected chi connectivity index (χ4v) is 3.04. The van der Waals surface area contributed by atoms with Gasteiger partial charge in [0.05, 0.1) is 6.54 Å². The molecule has 1 aliphatic rings. The summed E-state index contributed by atoms with van der Waals surface area (Å²) >= 11 is 0. The van der Waals surface area contributed by atoms with Crippen LogP contribution in [-0.4, -0.2) is 67.6 Å². The third-order valence-corrected chi connectivity index (χ3v) is 4.84. The van der Waals surface area contributed by atoms with Gasteiger partial charge in [0.25, 0.3) is 0 Å². The highest BCUT2D eigenvalue weighted by Gasteiger charge is 2.19. The Bertz CT molecular complexity index is 317. The number of piperazine rings is 1. The maximum absolute atomic E-state index is 5.97. The van der Waals surface area contributed by atoms with Crippen molar-refractivity contribution in [3.63, 3.8) is 0 Å². The summed E-state index contributed by atoms with van der Waals surface area (Å²) in [6.07, 6.45) is 7.86. The van der Waals surface area contributed by atoms with E-state index in [1.165, 1.54) is 51.6 Å². The number of nitrogens with zero attached hydrogens (tertiary/aromatic N) is 3. The number of halogens is 1. The van der Waals surface area contributed by atoms with Crippen molar-refractivity contribution in [2.24, 2.45) is 10.7 Å². The minimum atomic E-state index is 0. The van der Waals surface area contributed by atoms with E-state index in [0.29, 0.717) is 12.0 Å². The second-order valence-corrected chi connectivity index (χ2v) is 6.74. The summed E-state index contributed by atoms with van der Waals surface area (Å²) in [6, 6.07) is 0.475. The van der Waals surface area contributed by atoms with Gasteiger partial charge in [-0.1, -0.05) is 46.0 Å². The lowest BCUT2D eigenvalue weighted by molar-refractivity contribution is 0.109. The van der Waals surface area contributed by atoms with Crippen LogP contribution in [0.2, 0.25) is 0 Å². The summed E-state index contributed by atoms with van der Waals surface area (Å²) in [5.41, 5.74) is 5.97. The highest BCUT2D eigenvalue weighted by molar-refractivity contribution is 14.0. The smallest absolute Gasteiger partial charge is 0.188 e. The second kappa shape index (κ2) is 15.2. The minimum absolute atomic E-state index is 0. The van der Waals surface area contributed by atoms with Gasteiger partial charge in [-0.15, -0.1) is 24.0 Å². The summed E-state index contributed by atoms with van der Waals surface area (Å²) < 4.78 is 0. The van der Waals surface area contributed by atoms with E-state index < -0.39 is 0 Å². The molecule has 1 aliphatic heterocycles. The monoisotopic (exact) mass is 453 g/mol. The van der Waals surface area contributed by atoms with Crippen molar-refractivity contribution in [2.45, 2.75) is 65.3 Å². The molecular formula is C18H40IN5. The van der Waals surface area contributed by atoms with Crippen molar-refractivity contribution in [1.82, 2.24) is 15.1 Å². The maximum Gasteiger partial charge on any atom is 0.188 e. The molecule has 1 atom stereocenters. The van der Waals surface area contributed by atoms with Gasteiger partial charge in [0.2, 0.25) is 0 Å². The zero-order chi connectivity index (χ0) is 16.9. The highest BCUT2D eigenvalue weighted by Crippen LogP contribution is 2.06. The van der Waals surface area contributed by atoms with Crippen molar-refractivity contribution >= 4 is 29.9 Å². The predicted octanol–water partition coefficient (Wildman–Crippen LogP) is 2.90. The van der Waals surface area contributed by atoms with Crippen molar-refractivity contribution in [2.75, 3.05) is 45.8 Å². The maximum atomic E-state index is 5.97. The van der Waals surface area contributed by atoms with E-state index in [-0.39, 0.29) is 24.0 Å². The molecule has 5 nitrogen and oxygen atoms in total. The predicted molar refractivity (Wildman–Crippen MR) is 116 cm³/mol. The van der Waals surface area contributed by atoms with Gasteiger partial charge in [-0.3, -0.25) is 9.89 Å². The fourth-order valence-electron chi connectivity index (χ4n) is 3.04. The Labute approximate surface area is 166 Å². The molecule has 0 spiro atoms. The molecule has 0 aliphatic carbocycles. The molecule has 6 heteroatoms. The molecule has 0 aromatic heterocycles. The third-order valence-electron chi connectivity index (χ3n) is 4.84. The average molecular weight is 453 g/mol. The molecule has 1 heterocycles. The molecular weight excluding hydrogens is 413 g/mol. The van der Waals surface area contributed by atoms with Crippen LogP contribution in [0.4, 0.5) is 0 Å². The molecule has 1 saturated heterocycles. The topological polar surface area (TPSA) is 56.9 Å². The molecule has 0 radical (unpaired) electrons. The third kappa shape index (κ3) is 10.7. The van der Waals surface area contributed by atoms with Crippen LogP contribution in [-0.2, 0) is 0 Å². The molecule has 0 amide bonds. The number of hydrogen-bond donors (Lipinski definition) is 2. The van der Waals surface area contributed by atoms with Crippen LogP contribution in [0.15, 0.2) is 4.99 Å². The number of hydrogen-bond acceptors (Lipinski definition) is 3. The summed E-state index contributed by atoms with van der Waals surface area (Å²) in [5.74, 6) is 0.609. The Morgan fingerprint density at radius 1 is 1.04 bits per heavy atom. The van der Waals surface area contributed by atoms with Crippen molar-refractivity contribution in [3.05, 3.63) is 0 Å². The fraction of sp³-hybridized carbons (Fsp3) is 0.944. The summed E-state index contributed by atoms with van der Waals surface area (Å²) in [7, 11) is 0. The first-order valence-electron chi connectivity index (χ1n) is 9.67. The van der Waals surface area contributed by atoms with Crippen molar-refractivity contribution in [1.29, 1.82) is 0 Å². The Morgan fingerprint density at radius 2 is 1.67 bits per heavy atom. The number of guanidine groups is 1. The van der Waals surface area contributed by atoms with Crippen LogP contribution in [0.1, 0.15) is 59.3 Å². The second-order valence-electron chi connectivity index (χ2n) is 6.74. The quantitative estimate of drug-likeness (QED) is 0.219. The molecule has 0 aromatic carbocycles. The molecule has 0 bridgehead atoms. The Hall–Kier alpha value is -0.0800. The zero-order valence-corrected chi connectivity index (χ0v) is 18.4. The molecule has 1 unspecified atom stereocenters. The van der Waals surface area contributed by atoms with E-state index in [1.807, 2.05) is 0 Å². The van der Waals surface area contributed by atoms with Crippen molar-refractivity contribution < 1.29 is 0 Å². The first-order valence-corrected chi connectivity index (χ1v) is 9.67. The molecule has 0 saturated carbocycles. The van der Waals surface area contributed by atoms with Gasteiger partial charge < -0.3 is 16.0 Å². The van der Waals surface area contributed by atoms with Crippen LogP contribution in [0, 0.1) is 0 Å². The molecule has 24 heavy (non-hydrogen) atoms. The van der Waals surface area contributed by atoms with Gasteiger partial charge in [0.1, 0.15) is 0 Å². The van der Waals surface area contributed by atoms with Gasteiger partial charge in [-0.2, -0.15) is 0 Å². The van der Waals surface area contributed by atoms with Gasteiger partial charge in [0.15, 0.2) is 5.96 Å². The Kier molecular flexibility index (Phi) is 15.1. The van der Waals surface area contributed by atoms with Crippen molar-refractivity contribution in [3.8, 4) is 0 Å². The van der Waals surface area contributed by atoms with Crippen LogP contribution >= 0.6 is 24.0 Å². The first kappa shape index (κ1) is 23.9. The standard InChI is InChI=1S/C18H39N5.HI/c1-4-6-7-8-9-10-11-20-18(19)21-16-17(3)23-14-12-22(5-2)13-15-23;/h17H,4-16H2,1-3H3,(H3,19,20,21);1H. The summed E-state index contributed by atoms with van der Waals surface area (Å²) in [5, 5.41) is 3.25.